The molecule has 0 atom stereocenters. The van der Waals surface area contributed by atoms with Crippen LogP contribution < -0.4 is 5.32 Å². The molecule has 0 heterocycles. The fraction of sp³-hybridized carbons (Fsp3) is 0.375. The summed E-state index contributed by atoms with van der Waals surface area (Å²) in [5.74, 6) is -0.531. The van der Waals surface area contributed by atoms with Crippen LogP contribution in [0.4, 0.5) is 9.18 Å². The number of nitriles is 1. The molecular weight excluding hydrogens is 271 g/mol. The SMILES string of the molecule is CC(C)(C)OC(=O)NCCC=Cc1cccc(C#N)c1F. The molecule has 0 unspecified atom stereocenters. The lowest BCUT2D eigenvalue weighted by molar-refractivity contribution is 0.0529. The number of nitrogens with one attached hydrogen (secondary N) is 1. The second-order valence-corrected chi connectivity index (χ2v) is 5.44. The minimum atomic E-state index is -0.531. The normalized spacial score (nSPS) is 11.2. The Labute approximate surface area is 124 Å². The number of ether oxygens (including phenoxy) is 1. The van der Waals surface area contributed by atoms with Crippen LogP contribution in [0.25, 0.3) is 6.08 Å². The van der Waals surface area contributed by atoms with Crippen LogP contribution in [-0.2, 0) is 4.74 Å². The molecule has 112 valence electrons. The predicted molar refractivity (Wildman–Crippen MR) is 79.0 cm³/mol. The van der Waals surface area contributed by atoms with Gasteiger partial charge in [0.25, 0.3) is 0 Å². The molecule has 0 saturated heterocycles. The van der Waals surface area contributed by atoms with Gasteiger partial charge in [0.1, 0.15) is 17.5 Å². The van der Waals surface area contributed by atoms with E-state index in [-0.39, 0.29) is 5.56 Å². The van der Waals surface area contributed by atoms with Crippen molar-refractivity contribution >= 4 is 12.2 Å². The van der Waals surface area contributed by atoms with Gasteiger partial charge >= 0.3 is 6.09 Å². The highest BCUT2D eigenvalue weighted by molar-refractivity contribution is 5.67. The number of halogens is 1. The van der Waals surface area contributed by atoms with Crippen LogP contribution >= 0.6 is 0 Å². The maximum atomic E-state index is 13.7. The van der Waals surface area contributed by atoms with E-state index in [0.29, 0.717) is 18.5 Å². The van der Waals surface area contributed by atoms with Gasteiger partial charge in [-0.2, -0.15) is 5.26 Å². The minimum Gasteiger partial charge on any atom is -0.444 e. The Hall–Kier alpha value is -2.35. The van der Waals surface area contributed by atoms with Gasteiger partial charge in [-0.05, 0) is 33.3 Å². The first kappa shape index (κ1) is 16.7. The van der Waals surface area contributed by atoms with Crippen molar-refractivity contribution in [3.05, 3.63) is 41.2 Å². The molecule has 0 saturated carbocycles. The van der Waals surface area contributed by atoms with E-state index < -0.39 is 17.5 Å². The molecule has 0 aliphatic heterocycles. The van der Waals surface area contributed by atoms with Gasteiger partial charge in [0.2, 0.25) is 0 Å². The second kappa shape index (κ2) is 7.44. The minimum absolute atomic E-state index is 0.0176. The zero-order valence-electron chi connectivity index (χ0n) is 12.4. The fourth-order valence-corrected chi connectivity index (χ4v) is 1.55. The number of rotatable bonds is 4. The molecule has 0 aliphatic rings. The standard InChI is InChI=1S/C16H19FN2O2/c1-16(2,3)21-15(20)19-10-5-4-7-12-8-6-9-13(11-18)14(12)17/h4,6-9H,5,10H2,1-3H3,(H,19,20). The lowest BCUT2D eigenvalue weighted by Gasteiger charge is -2.19. The molecule has 5 heteroatoms. The Balaban J connectivity index is 2.43. The van der Waals surface area contributed by atoms with Crippen molar-refractivity contribution in [3.63, 3.8) is 0 Å². The van der Waals surface area contributed by atoms with Gasteiger partial charge < -0.3 is 10.1 Å². The molecule has 0 spiro atoms. The van der Waals surface area contributed by atoms with Crippen molar-refractivity contribution in [1.82, 2.24) is 5.32 Å². The van der Waals surface area contributed by atoms with Gasteiger partial charge in [-0.1, -0.05) is 24.3 Å². The first-order chi connectivity index (χ1) is 9.83. The highest BCUT2D eigenvalue weighted by Crippen LogP contribution is 2.13. The maximum Gasteiger partial charge on any atom is 0.407 e. The molecule has 0 radical (unpaired) electrons. The zero-order valence-corrected chi connectivity index (χ0v) is 12.4. The predicted octanol–water partition coefficient (Wildman–Crippen LogP) is 3.63. The molecular formula is C16H19FN2O2. The van der Waals surface area contributed by atoms with E-state index in [1.54, 1.807) is 51.1 Å². The summed E-state index contributed by atoms with van der Waals surface area (Å²) >= 11 is 0. The Kier molecular flexibility index (Phi) is 5.92. The highest BCUT2D eigenvalue weighted by Gasteiger charge is 2.15. The third-order valence-electron chi connectivity index (χ3n) is 2.43. The maximum absolute atomic E-state index is 13.7. The summed E-state index contributed by atoms with van der Waals surface area (Å²) in [6, 6.07) is 6.44. The van der Waals surface area contributed by atoms with E-state index in [1.165, 1.54) is 6.07 Å². The van der Waals surface area contributed by atoms with Crippen molar-refractivity contribution in [3.8, 4) is 6.07 Å². The lowest BCUT2D eigenvalue weighted by Crippen LogP contribution is -2.32. The third-order valence-corrected chi connectivity index (χ3v) is 2.43. The van der Waals surface area contributed by atoms with Crippen LogP contribution in [0.3, 0.4) is 0 Å². The number of hydrogen-bond acceptors (Lipinski definition) is 3. The van der Waals surface area contributed by atoms with E-state index in [4.69, 9.17) is 10.00 Å². The van der Waals surface area contributed by atoms with Crippen LogP contribution in [0.15, 0.2) is 24.3 Å². The third kappa shape index (κ3) is 6.09. The number of carbonyl (C=O) groups excluding carboxylic acids is 1. The Morgan fingerprint density at radius 2 is 2.19 bits per heavy atom. The van der Waals surface area contributed by atoms with Gasteiger partial charge in [0.05, 0.1) is 5.56 Å². The number of hydrogen-bond donors (Lipinski definition) is 1. The molecule has 0 fully saturated rings. The number of carbonyl (C=O) groups is 1. The molecule has 1 amide bonds. The smallest absolute Gasteiger partial charge is 0.407 e. The van der Waals surface area contributed by atoms with Gasteiger partial charge in [0, 0.05) is 12.1 Å². The number of benzene rings is 1. The first-order valence-corrected chi connectivity index (χ1v) is 6.65. The van der Waals surface area contributed by atoms with E-state index in [0.717, 1.165) is 0 Å². The largest absolute Gasteiger partial charge is 0.444 e. The van der Waals surface area contributed by atoms with Gasteiger partial charge in [0.15, 0.2) is 0 Å². The van der Waals surface area contributed by atoms with E-state index in [1.807, 2.05) is 0 Å². The fourth-order valence-electron chi connectivity index (χ4n) is 1.55. The molecule has 0 aromatic heterocycles. The van der Waals surface area contributed by atoms with Crippen molar-refractivity contribution < 1.29 is 13.9 Å². The highest BCUT2D eigenvalue weighted by atomic mass is 19.1. The second-order valence-electron chi connectivity index (χ2n) is 5.44. The van der Waals surface area contributed by atoms with Crippen molar-refractivity contribution in [1.29, 1.82) is 5.26 Å². The Bertz CT molecular complexity index is 569. The van der Waals surface area contributed by atoms with Crippen LogP contribution in [0.1, 0.15) is 38.3 Å². The van der Waals surface area contributed by atoms with Crippen molar-refractivity contribution in [2.75, 3.05) is 6.54 Å². The monoisotopic (exact) mass is 290 g/mol. The number of amides is 1. The quantitative estimate of drug-likeness (QED) is 0.861. The molecule has 0 bridgehead atoms. The molecule has 21 heavy (non-hydrogen) atoms. The van der Waals surface area contributed by atoms with Gasteiger partial charge in [-0.3, -0.25) is 0 Å². The van der Waals surface area contributed by atoms with E-state index in [9.17, 15) is 9.18 Å². The topological polar surface area (TPSA) is 62.1 Å². The van der Waals surface area contributed by atoms with Crippen molar-refractivity contribution in [2.45, 2.75) is 32.8 Å². The molecule has 1 rings (SSSR count). The number of nitrogens with zero attached hydrogens (tertiary/aromatic N) is 1. The summed E-state index contributed by atoms with van der Waals surface area (Å²) in [5, 5.41) is 11.3. The summed E-state index contributed by atoms with van der Waals surface area (Å²) in [4.78, 5) is 11.4. The van der Waals surface area contributed by atoms with Crippen molar-refractivity contribution in [2.24, 2.45) is 0 Å². The molecule has 1 N–H and O–H groups in total. The summed E-state index contributed by atoms with van der Waals surface area (Å²) in [6.45, 7) is 5.76. The summed E-state index contributed by atoms with van der Waals surface area (Å²) in [6.07, 6.45) is 3.38. The Morgan fingerprint density at radius 1 is 1.48 bits per heavy atom. The van der Waals surface area contributed by atoms with Crippen LogP contribution in [0.5, 0.6) is 0 Å². The molecule has 4 nitrogen and oxygen atoms in total. The Morgan fingerprint density at radius 3 is 2.81 bits per heavy atom. The van der Waals surface area contributed by atoms with E-state index >= 15 is 0 Å². The van der Waals surface area contributed by atoms with Crippen LogP contribution in [-0.4, -0.2) is 18.2 Å². The molecule has 1 aromatic carbocycles. The lowest BCUT2D eigenvalue weighted by atomic mass is 10.1. The van der Waals surface area contributed by atoms with Gasteiger partial charge in [-0.25, -0.2) is 9.18 Å². The zero-order chi connectivity index (χ0) is 15.9. The van der Waals surface area contributed by atoms with Crippen LogP contribution in [0, 0.1) is 17.1 Å². The average Bonchev–Trinajstić information content (AvgIpc) is 2.38. The molecule has 1 aromatic rings. The van der Waals surface area contributed by atoms with E-state index in [2.05, 4.69) is 5.32 Å². The first-order valence-electron chi connectivity index (χ1n) is 6.65. The molecule has 0 aliphatic carbocycles. The van der Waals surface area contributed by atoms with Gasteiger partial charge in [-0.15, -0.1) is 0 Å². The summed E-state index contributed by atoms with van der Waals surface area (Å²) in [7, 11) is 0. The van der Waals surface area contributed by atoms with Crippen LogP contribution in [0.2, 0.25) is 0 Å². The summed E-state index contributed by atoms with van der Waals surface area (Å²) < 4.78 is 18.8. The average molecular weight is 290 g/mol. The number of alkyl carbamates (subject to hydrolysis) is 1. The summed E-state index contributed by atoms with van der Waals surface area (Å²) in [5.41, 5.74) is -0.156.